The van der Waals surface area contributed by atoms with E-state index in [1.165, 1.54) is 12.3 Å². The van der Waals surface area contributed by atoms with Crippen LogP contribution in [0.3, 0.4) is 0 Å². The Hall–Kier alpha value is -2.94. The Bertz CT molecular complexity index is 1000. The fraction of sp³-hybridized carbons (Fsp3) is 0.158. The van der Waals surface area contributed by atoms with E-state index in [0.29, 0.717) is 5.82 Å². The Labute approximate surface area is 164 Å². The summed E-state index contributed by atoms with van der Waals surface area (Å²) in [5, 5.41) is 10.2. The number of aryl methyl sites for hydroxylation is 2. The van der Waals surface area contributed by atoms with Crippen molar-refractivity contribution in [1.29, 1.82) is 0 Å². The molecule has 0 fully saturated rings. The third-order valence-corrected chi connectivity index (χ3v) is 4.09. The average Bonchev–Trinajstić information content (AvgIpc) is 3.03. The predicted octanol–water partition coefficient (Wildman–Crippen LogP) is 4.91. The van der Waals surface area contributed by atoms with Gasteiger partial charge in [-0.05, 0) is 49.3 Å². The summed E-state index contributed by atoms with van der Waals surface area (Å²) in [4.78, 5) is 0. The largest absolute Gasteiger partial charge is 0.332 e. The average molecular weight is 408 g/mol. The fourth-order valence-electron chi connectivity index (χ4n) is 2.77. The number of hydrogen-bond acceptors (Lipinski definition) is 2. The highest BCUT2D eigenvalue weighted by atomic mass is 32.1. The second-order valence-electron chi connectivity index (χ2n) is 6.30. The molecule has 0 saturated carbocycles. The minimum Gasteiger partial charge on any atom is -0.332 e. The van der Waals surface area contributed by atoms with Gasteiger partial charge in [-0.3, -0.25) is 4.68 Å². The summed E-state index contributed by atoms with van der Waals surface area (Å²) in [6.45, 7) is 3.44. The lowest BCUT2D eigenvalue weighted by atomic mass is 10.1. The van der Waals surface area contributed by atoms with Crippen LogP contribution in [0.15, 0.2) is 36.5 Å². The van der Waals surface area contributed by atoms with Gasteiger partial charge in [0.1, 0.15) is 0 Å². The van der Waals surface area contributed by atoms with E-state index in [1.807, 2.05) is 32.0 Å². The molecule has 0 aliphatic rings. The van der Waals surface area contributed by atoms with Crippen molar-refractivity contribution in [3.63, 3.8) is 0 Å². The van der Waals surface area contributed by atoms with E-state index in [2.05, 4.69) is 15.7 Å². The van der Waals surface area contributed by atoms with Gasteiger partial charge in [0.15, 0.2) is 34.2 Å². The fourth-order valence-corrected chi connectivity index (χ4v) is 2.99. The summed E-state index contributed by atoms with van der Waals surface area (Å²) in [7, 11) is 0. The number of aromatic nitrogens is 2. The number of nitrogens with zero attached hydrogens (tertiary/aromatic N) is 2. The molecule has 1 heterocycles. The number of halogens is 4. The Morgan fingerprint density at radius 3 is 2.18 bits per heavy atom. The van der Waals surface area contributed by atoms with E-state index in [4.69, 9.17) is 12.2 Å². The second kappa shape index (κ2) is 7.97. The maximum absolute atomic E-state index is 13.8. The Balaban J connectivity index is 1.70. The topological polar surface area (TPSA) is 41.9 Å². The van der Waals surface area contributed by atoms with Gasteiger partial charge in [-0.1, -0.05) is 6.07 Å². The summed E-state index contributed by atoms with van der Waals surface area (Å²) in [5.41, 5.74) is 2.19. The van der Waals surface area contributed by atoms with Crippen LogP contribution in [0.25, 0.3) is 0 Å². The van der Waals surface area contributed by atoms with Gasteiger partial charge in [0.05, 0.1) is 12.1 Å². The summed E-state index contributed by atoms with van der Waals surface area (Å²) in [5.74, 6) is -5.51. The molecule has 1 aromatic heterocycles. The molecular weight excluding hydrogens is 392 g/mol. The molecule has 0 bridgehead atoms. The van der Waals surface area contributed by atoms with Gasteiger partial charge >= 0.3 is 0 Å². The smallest absolute Gasteiger partial charge is 0.176 e. The Kier molecular flexibility index (Phi) is 5.64. The molecule has 0 saturated heterocycles. The van der Waals surface area contributed by atoms with Crippen molar-refractivity contribution in [2.24, 2.45) is 0 Å². The van der Waals surface area contributed by atoms with E-state index >= 15 is 0 Å². The summed E-state index contributed by atoms with van der Waals surface area (Å²) < 4.78 is 55.3. The molecule has 0 amide bonds. The van der Waals surface area contributed by atoms with Crippen LogP contribution in [0.1, 0.15) is 16.7 Å². The van der Waals surface area contributed by atoms with Gasteiger partial charge in [-0.2, -0.15) is 5.10 Å². The van der Waals surface area contributed by atoms with E-state index < -0.39 is 35.4 Å². The molecule has 2 aromatic carbocycles. The molecule has 0 aliphatic carbocycles. The Morgan fingerprint density at radius 2 is 1.57 bits per heavy atom. The van der Waals surface area contributed by atoms with Crippen molar-refractivity contribution in [2.75, 3.05) is 10.6 Å². The number of hydrogen-bond donors (Lipinski definition) is 2. The van der Waals surface area contributed by atoms with Crippen molar-refractivity contribution in [2.45, 2.75) is 20.4 Å². The van der Waals surface area contributed by atoms with Crippen LogP contribution in [0.5, 0.6) is 0 Å². The highest BCUT2D eigenvalue weighted by Gasteiger charge is 2.19. The molecule has 0 unspecified atom stereocenters. The van der Waals surface area contributed by atoms with Crippen LogP contribution < -0.4 is 10.6 Å². The van der Waals surface area contributed by atoms with E-state index in [-0.39, 0.29) is 11.2 Å². The van der Waals surface area contributed by atoms with Gasteiger partial charge in [0.2, 0.25) is 0 Å². The van der Waals surface area contributed by atoms with Crippen LogP contribution in [0.2, 0.25) is 0 Å². The first-order chi connectivity index (χ1) is 13.2. The minimum atomic E-state index is -1.46. The summed E-state index contributed by atoms with van der Waals surface area (Å²) in [6.07, 6.45) is 1.41. The molecule has 3 rings (SSSR count). The first-order valence-electron chi connectivity index (χ1n) is 8.24. The van der Waals surface area contributed by atoms with Gasteiger partial charge in [0.25, 0.3) is 0 Å². The molecule has 0 spiro atoms. The summed E-state index contributed by atoms with van der Waals surface area (Å²) >= 11 is 5.23. The van der Waals surface area contributed by atoms with Gasteiger partial charge < -0.3 is 10.6 Å². The molecule has 28 heavy (non-hydrogen) atoms. The third kappa shape index (κ3) is 4.48. The predicted molar refractivity (Wildman–Crippen MR) is 103 cm³/mol. The number of benzene rings is 2. The molecule has 9 heteroatoms. The monoisotopic (exact) mass is 408 g/mol. The first kappa shape index (κ1) is 19.8. The maximum atomic E-state index is 13.8. The molecule has 2 N–H and O–H groups in total. The normalized spacial score (nSPS) is 10.8. The standard InChI is InChI=1S/C19H16F4N4S/c1-10-5-11(2)7-12(6-10)24-19(28)25-16-3-4-27(26-16)9-13-17(22)14(20)8-15(21)18(13)23/h3-8H,9H2,1-2H3,(H2,24,25,26,28). The first-order valence-corrected chi connectivity index (χ1v) is 8.65. The highest BCUT2D eigenvalue weighted by Crippen LogP contribution is 2.20. The number of anilines is 2. The van der Waals surface area contributed by atoms with E-state index in [0.717, 1.165) is 21.5 Å². The van der Waals surface area contributed by atoms with Gasteiger partial charge in [-0.25, -0.2) is 17.6 Å². The van der Waals surface area contributed by atoms with Crippen molar-refractivity contribution in [1.82, 2.24) is 9.78 Å². The molecule has 0 radical (unpaired) electrons. The zero-order valence-corrected chi connectivity index (χ0v) is 15.8. The van der Waals surface area contributed by atoms with Crippen molar-refractivity contribution >= 4 is 28.8 Å². The van der Waals surface area contributed by atoms with Crippen LogP contribution in [-0.2, 0) is 6.54 Å². The third-order valence-electron chi connectivity index (χ3n) is 3.88. The summed E-state index contributed by atoms with van der Waals surface area (Å²) in [6, 6.07) is 7.55. The zero-order valence-electron chi connectivity index (χ0n) is 15.0. The number of rotatable bonds is 4. The van der Waals surface area contributed by atoms with Crippen LogP contribution in [-0.4, -0.2) is 14.9 Å². The van der Waals surface area contributed by atoms with Crippen LogP contribution in [0.4, 0.5) is 29.1 Å². The van der Waals surface area contributed by atoms with Crippen LogP contribution in [0, 0.1) is 37.1 Å². The molecule has 146 valence electrons. The van der Waals surface area contributed by atoms with E-state index in [9.17, 15) is 17.6 Å². The van der Waals surface area contributed by atoms with E-state index in [1.54, 1.807) is 0 Å². The quantitative estimate of drug-likeness (QED) is 0.366. The highest BCUT2D eigenvalue weighted by molar-refractivity contribution is 7.80. The molecule has 3 aromatic rings. The lowest BCUT2D eigenvalue weighted by molar-refractivity contribution is 0.431. The van der Waals surface area contributed by atoms with Gasteiger partial charge in [-0.15, -0.1) is 0 Å². The minimum absolute atomic E-state index is 0.168. The van der Waals surface area contributed by atoms with Crippen molar-refractivity contribution < 1.29 is 17.6 Å². The lowest BCUT2D eigenvalue weighted by Gasteiger charge is -2.10. The molecular formula is C19H16F4N4S. The molecule has 0 aliphatic heterocycles. The van der Waals surface area contributed by atoms with Crippen molar-refractivity contribution in [3.8, 4) is 0 Å². The molecule has 0 atom stereocenters. The zero-order chi connectivity index (χ0) is 20.4. The lowest BCUT2D eigenvalue weighted by Crippen LogP contribution is -2.19. The van der Waals surface area contributed by atoms with Gasteiger partial charge in [0, 0.05) is 24.0 Å². The SMILES string of the molecule is Cc1cc(C)cc(NC(=S)Nc2ccn(Cc3c(F)c(F)cc(F)c3F)n2)c1. The number of nitrogens with one attached hydrogen (secondary N) is 2. The second-order valence-corrected chi connectivity index (χ2v) is 6.71. The van der Waals surface area contributed by atoms with Crippen LogP contribution >= 0.6 is 12.2 Å². The van der Waals surface area contributed by atoms with Crippen molar-refractivity contribution in [3.05, 3.63) is 76.5 Å². The molecule has 4 nitrogen and oxygen atoms in total. The Morgan fingerprint density at radius 1 is 0.964 bits per heavy atom. The maximum Gasteiger partial charge on any atom is 0.176 e. The number of thiocarbonyl (C=S) groups is 1.